The first-order valence-corrected chi connectivity index (χ1v) is 4.89. The fourth-order valence-corrected chi connectivity index (χ4v) is 1.17. The predicted octanol–water partition coefficient (Wildman–Crippen LogP) is 1.50. The summed E-state index contributed by atoms with van der Waals surface area (Å²) in [4.78, 5) is 0. The minimum Gasteiger partial charge on any atom is -0.490 e. The zero-order valence-corrected chi connectivity index (χ0v) is 8.92. The van der Waals surface area contributed by atoms with Crippen LogP contribution < -0.4 is 4.74 Å². The highest BCUT2D eigenvalue weighted by molar-refractivity contribution is 6.48. The highest BCUT2D eigenvalue weighted by Gasteiger charge is 2.04. The van der Waals surface area contributed by atoms with Gasteiger partial charge in [0.1, 0.15) is 5.75 Å². The average molecular weight is 206 g/mol. The molecule has 0 fully saturated rings. The molecule has 4 heteroatoms. The zero-order chi connectivity index (χ0) is 11.3. The second-order valence-electron chi connectivity index (χ2n) is 3.48. The van der Waals surface area contributed by atoms with Crippen LogP contribution in [0.2, 0.25) is 0 Å². The Morgan fingerprint density at radius 1 is 1.27 bits per heavy atom. The van der Waals surface area contributed by atoms with Gasteiger partial charge < -0.3 is 14.8 Å². The molecule has 1 aromatic carbocycles. The van der Waals surface area contributed by atoms with Crippen molar-refractivity contribution in [2.45, 2.75) is 20.0 Å². The van der Waals surface area contributed by atoms with Gasteiger partial charge in [-0.2, -0.15) is 0 Å². The fourth-order valence-electron chi connectivity index (χ4n) is 1.17. The van der Waals surface area contributed by atoms with Crippen molar-refractivity contribution in [3.8, 4) is 5.75 Å². The van der Waals surface area contributed by atoms with Crippen molar-refractivity contribution in [1.82, 2.24) is 0 Å². The first-order chi connectivity index (χ1) is 7.09. The van der Waals surface area contributed by atoms with E-state index in [0.717, 1.165) is 11.3 Å². The van der Waals surface area contributed by atoms with Gasteiger partial charge in [0, 0.05) is 5.56 Å². The van der Waals surface area contributed by atoms with Crippen LogP contribution in [0, 0.1) is 0 Å². The maximum Gasteiger partial charge on any atom is 0.480 e. The number of hydrogen-bond donors (Lipinski definition) is 2. The number of para-hydroxylation sites is 1. The van der Waals surface area contributed by atoms with Gasteiger partial charge in [0.25, 0.3) is 0 Å². The minimum absolute atomic E-state index is 0.0959. The van der Waals surface area contributed by atoms with E-state index >= 15 is 0 Å². The monoisotopic (exact) mass is 206 g/mol. The molecule has 0 bridgehead atoms. The average Bonchev–Trinajstić information content (AvgIpc) is 2.15. The molecule has 0 aliphatic carbocycles. The summed E-state index contributed by atoms with van der Waals surface area (Å²) in [7, 11) is -1.43. The Morgan fingerprint density at radius 3 is 2.53 bits per heavy atom. The molecular weight excluding hydrogens is 191 g/mol. The van der Waals surface area contributed by atoms with E-state index in [-0.39, 0.29) is 6.10 Å². The molecule has 0 heterocycles. The lowest BCUT2D eigenvalue weighted by Crippen LogP contribution is -2.07. The smallest absolute Gasteiger partial charge is 0.480 e. The van der Waals surface area contributed by atoms with Crippen LogP contribution in [0.15, 0.2) is 30.2 Å². The summed E-state index contributed by atoms with van der Waals surface area (Å²) < 4.78 is 5.56. The van der Waals surface area contributed by atoms with Crippen molar-refractivity contribution >= 4 is 13.2 Å². The van der Waals surface area contributed by atoms with Gasteiger partial charge in [0.2, 0.25) is 0 Å². The molecule has 0 atom stereocenters. The Hall–Kier alpha value is -1.26. The van der Waals surface area contributed by atoms with Crippen molar-refractivity contribution in [3.05, 3.63) is 35.8 Å². The summed E-state index contributed by atoms with van der Waals surface area (Å²) in [5, 5.41) is 17.4. The van der Waals surface area contributed by atoms with Crippen LogP contribution in [0.1, 0.15) is 19.4 Å². The van der Waals surface area contributed by atoms with E-state index in [9.17, 15) is 0 Å². The van der Waals surface area contributed by atoms with E-state index in [2.05, 4.69) is 0 Å². The van der Waals surface area contributed by atoms with E-state index in [1.54, 1.807) is 6.08 Å². The van der Waals surface area contributed by atoms with Gasteiger partial charge in [-0.05, 0) is 19.9 Å². The largest absolute Gasteiger partial charge is 0.490 e. The quantitative estimate of drug-likeness (QED) is 0.734. The Balaban J connectivity index is 2.86. The van der Waals surface area contributed by atoms with Crippen molar-refractivity contribution in [3.63, 3.8) is 0 Å². The lowest BCUT2D eigenvalue weighted by molar-refractivity contribution is 0.242. The third-order valence-corrected chi connectivity index (χ3v) is 1.73. The summed E-state index contributed by atoms with van der Waals surface area (Å²) >= 11 is 0. The molecule has 2 N–H and O–H groups in total. The van der Waals surface area contributed by atoms with Gasteiger partial charge in [0.05, 0.1) is 6.10 Å². The molecule has 0 radical (unpaired) electrons. The van der Waals surface area contributed by atoms with E-state index in [1.165, 1.54) is 5.98 Å². The van der Waals surface area contributed by atoms with Crippen LogP contribution in [-0.4, -0.2) is 23.3 Å². The third-order valence-electron chi connectivity index (χ3n) is 1.73. The minimum atomic E-state index is -1.43. The second-order valence-corrected chi connectivity index (χ2v) is 3.48. The van der Waals surface area contributed by atoms with Crippen molar-refractivity contribution in [1.29, 1.82) is 0 Å². The van der Waals surface area contributed by atoms with Gasteiger partial charge in [-0.15, -0.1) is 0 Å². The van der Waals surface area contributed by atoms with Gasteiger partial charge in [-0.25, -0.2) is 0 Å². The van der Waals surface area contributed by atoms with E-state index in [0.29, 0.717) is 0 Å². The summed E-state index contributed by atoms with van der Waals surface area (Å²) in [6.07, 6.45) is 1.72. The molecule has 0 aromatic heterocycles. The van der Waals surface area contributed by atoms with Gasteiger partial charge in [-0.3, -0.25) is 0 Å². The van der Waals surface area contributed by atoms with E-state index < -0.39 is 7.12 Å². The molecule has 0 saturated heterocycles. The molecule has 80 valence electrons. The van der Waals surface area contributed by atoms with Gasteiger partial charge >= 0.3 is 7.12 Å². The maximum atomic E-state index is 8.71. The lowest BCUT2D eigenvalue weighted by Gasteiger charge is -2.11. The van der Waals surface area contributed by atoms with Gasteiger partial charge in [-0.1, -0.05) is 30.3 Å². The standard InChI is InChI=1S/C11H15BO3/c1-9(2)15-11-6-4-3-5-10(11)7-8-12(13)14/h3-9,13-14H,1-2H3/b8-7+. The van der Waals surface area contributed by atoms with Crippen molar-refractivity contribution < 1.29 is 14.8 Å². The zero-order valence-electron chi connectivity index (χ0n) is 8.92. The maximum absolute atomic E-state index is 8.71. The SMILES string of the molecule is CC(C)Oc1ccccc1/C=C/B(O)O. The first-order valence-electron chi connectivity index (χ1n) is 4.89. The Labute approximate surface area is 90.2 Å². The molecule has 1 rings (SSSR count). The topological polar surface area (TPSA) is 49.7 Å². The summed E-state index contributed by atoms with van der Waals surface area (Å²) in [5.74, 6) is 2.03. The Morgan fingerprint density at radius 2 is 1.93 bits per heavy atom. The molecular formula is C11H15BO3. The normalized spacial score (nSPS) is 11.0. The van der Waals surface area contributed by atoms with E-state index in [4.69, 9.17) is 14.8 Å². The van der Waals surface area contributed by atoms with E-state index in [1.807, 2.05) is 38.1 Å². The molecule has 0 amide bonds. The molecule has 0 aliphatic rings. The van der Waals surface area contributed by atoms with Crippen LogP contribution in [0.4, 0.5) is 0 Å². The summed E-state index contributed by atoms with van der Waals surface area (Å²) in [6, 6.07) is 7.46. The Kier molecular flexibility index (Phi) is 4.40. The Bertz CT molecular complexity index is 334. The number of ether oxygens (including phenoxy) is 1. The molecule has 0 spiro atoms. The predicted molar refractivity (Wildman–Crippen MR) is 61.4 cm³/mol. The molecule has 0 aliphatic heterocycles. The van der Waals surface area contributed by atoms with Crippen LogP contribution >= 0.6 is 0 Å². The number of benzene rings is 1. The van der Waals surface area contributed by atoms with Crippen LogP contribution in [0.25, 0.3) is 6.08 Å². The lowest BCUT2D eigenvalue weighted by atomic mass is 9.90. The van der Waals surface area contributed by atoms with Crippen molar-refractivity contribution in [2.24, 2.45) is 0 Å². The third kappa shape index (κ3) is 4.19. The molecule has 15 heavy (non-hydrogen) atoms. The number of hydrogen-bond acceptors (Lipinski definition) is 3. The molecule has 0 unspecified atom stereocenters. The first kappa shape index (κ1) is 11.8. The molecule has 3 nitrogen and oxygen atoms in total. The summed E-state index contributed by atoms with van der Waals surface area (Å²) in [5.41, 5.74) is 0.833. The molecule has 0 saturated carbocycles. The van der Waals surface area contributed by atoms with Crippen LogP contribution in [-0.2, 0) is 0 Å². The van der Waals surface area contributed by atoms with Crippen LogP contribution in [0.5, 0.6) is 5.75 Å². The fraction of sp³-hybridized carbons (Fsp3) is 0.273. The van der Waals surface area contributed by atoms with Gasteiger partial charge in [0.15, 0.2) is 0 Å². The van der Waals surface area contributed by atoms with Crippen molar-refractivity contribution in [2.75, 3.05) is 0 Å². The summed E-state index contributed by atoms with van der Waals surface area (Å²) in [6.45, 7) is 3.89. The highest BCUT2D eigenvalue weighted by atomic mass is 16.5. The molecule has 1 aromatic rings. The second kappa shape index (κ2) is 5.58. The highest BCUT2D eigenvalue weighted by Crippen LogP contribution is 2.20. The van der Waals surface area contributed by atoms with Crippen LogP contribution in [0.3, 0.4) is 0 Å². The number of rotatable bonds is 4.